The molecular weight excluding hydrogens is 436 g/mol. The van der Waals surface area contributed by atoms with Gasteiger partial charge in [0.1, 0.15) is 6.04 Å². The Labute approximate surface area is 210 Å². The summed E-state index contributed by atoms with van der Waals surface area (Å²) < 4.78 is 0. The van der Waals surface area contributed by atoms with E-state index in [1.54, 1.807) is 14.0 Å². The van der Waals surface area contributed by atoms with Gasteiger partial charge in [-0.15, -0.1) is 0 Å². The number of carbonyl (C=O) groups excluding carboxylic acids is 2. The molecule has 2 aromatic rings. The minimum atomic E-state index is -0.641. The highest BCUT2D eigenvalue weighted by molar-refractivity contribution is 5.92. The summed E-state index contributed by atoms with van der Waals surface area (Å²) in [6.45, 7) is 12.0. The van der Waals surface area contributed by atoms with E-state index in [4.69, 9.17) is 0 Å². The van der Waals surface area contributed by atoms with Crippen molar-refractivity contribution in [2.45, 2.75) is 59.7 Å². The number of likely N-dealkylation sites (N-methyl/N-ethyl adjacent to an activating group) is 1. The summed E-state index contributed by atoms with van der Waals surface area (Å²) in [6.07, 6.45) is 5.00. The minimum absolute atomic E-state index is 0.0888. The molecule has 2 aromatic carbocycles. The van der Waals surface area contributed by atoms with Gasteiger partial charge in [0.05, 0.1) is 18.3 Å². The van der Waals surface area contributed by atoms with Crippen LogP contribution in [0.3, 0.4) is 0 Å². The fraction of sp³-hybridized carbons (Fsp3) is 0.448. The predicted molar refractivity (Wildman–Crippen MR) is 143 cm³/mol. The van der Waals surface area contributed by atoms with E-state index in [0.717, 1.165) is 40.7 Å². The van der Waals surface area contributed by atoms with E-state index in [0.29, 0.717) is 19.0 Å². The molecule has 0 radical (unpaired) electrons. The van der Waals surface area contributed by atoms with Crippen LogP contribution in [0.15, 0.2) is 66.0 Å². The first-order valence-electron chi connectivity index (χ1n) is 12.6. The molecule has 2 amide bonds. The molecule has 0 unspecified atom stereocenters. The average molecular weight is 477 g/mol. The van der Waals surface area contributed by atoms with Gasteiger partial charge in [0, 0.05) is 18.8 Å². The number of amides is 2. The summed E-state index contributed by atoms with van der Waals surface area (Å²) in [4.78, 5) is 31.0. The minimum Gasteiger partial charge on any atom is -0.371 e. The van der Waals surface area contributed by atoms with Gasteiger partial charge < -0.3 is 20.4 Å². The van der Waals surface area contributed by atoms with Crippen LogP contribution in [0.2, 0.25) is 0 Å². The highest BCUT2D eigenvalue weighted by Crippen LogP contribution is 2.27. The SMILES string of the molecule is C/C=C\C1=C(C)N(CCC(C)C)C[C@H](NC(=O)[C@H](C)NC)C(=O)N1Cc1cccc2ccccc12. The highest BCUT2D eigenvalue weighted by Gasteiger charge is 2.35. The Morgan fingerprint density at radius 3 is 2.54 bits per heavy atom. The molecule has 3 rings (SSSR count). The third-order valence-corrected chi connectivity index (χ3v) is 6.75. The number of rotatable bonds is 9. The molecule has 0 fully saturated rings. The Bertz CT molecular complexity index is 1100. The van der Waals surface area contributed by atoms with Crippen LogP contribution in [-0.4, -0.2) is 53.8 Å². The summed E-state index contributed by atoms with van der Waals surface area (Å²) in [5.74, 6) is 0.275. The van der Waals surface area contributed by atoms with E-state index in [1.807, 2.05) is 42.2 Å². The first kappa shape index (κ1) is 26.5. The molecule has 6 nitrogen and oxygen atoms in total. The molecule has 0 spiro atoms. The van der Waals surface area contributed by atoms with Crippen LogP contribution in [0.5, 0.6) is 0 Å². The van der Waals surface area contributed by atoms with E-state index < -0.39 is 6.04 Å². The molecule has 188 valence electrons. The van der Waals surface area contributed by atoms with Crippen molar-refractivity contribution in [2.24, 2.45) is 5.92 Å². The zero-order chi connectivity index (χ0) is 25.5. The van der Waals surface area contributed by atoms with Crippen LogP contribution >= 0.6 is 0 Å². The Hall–Kier alpha value is -3.12. The fourth-order valence-corrected chi connectivity index (χ4v) is 4.44. The number of hydrogen-bond acceptors (Lipinski definition) is 4. The maximum absolute atomic E-state index is 14.0. The molecule has 0 saturated heterocycles. The van der Waals surface area contributed by atoms with Gasteiger partial charge in [-0.2, -0.15) is 0 Å². The van der Waals surface area contributed by atoms with Crippen molar-refractivity contribution in [3.05, 3.63) is 71.6 Å². The van der Waals surface area contributed by atoms with Crippen LogP contribution in [0.25, 0.3) is 10.8 Å². The second-order valence-corrected chi connectivity index (χ2v) is 9.73. The summed E-state index contributed by atoms with van der Waals surface area (Å²) in [5, 5.41) is 8.28. The van der Waals surface area contributed by atoms with Crippen molar-refractivity contribution in [2.75, 3.05) is 20.1 Å². The lowest BCUT2D eigenvalue weighted by Gasteiger charge is -2.28. The third-order valence-electron chi connectivity index (χ3n) is 6.75. The lowest BCUT2D eigenvalue weighted by molar-refractivity contribution is -0.135. The molecule has 0 aromatic heterocycles. The Balaban J connectivity index is 2.07. The summed E-state index contributed by atoms with van der Waals surface area (Å²) in [7, 11) is 1.75. The zero-order valence-corrected chi connectivity index (χ0v) is 22.0. The molecule has 35 heavy (non-hydrogen) atoms. The average Bonchev–Trinajstić information content (AvgIpc) is 2.94. The van der Waals surface area contributed by atoms with Gasteiger partial charge in [-0.3, -0.25) is 9.59 Å². The van der Waals surface area contributed by atoms with Gasteiger partial charge >= 0.3 is 0 Å². The van der Waals surface area contributed by atoms with Crippen molar-refractivity contribution in [1.82, 2.24) is 20.4 Å². The van der Waals surface area contributed by atoms with Crippen molar-refractivity contribution in [3.8, 4) is 0 Å². The van der Waals surface area contributed by atoms with Gasteiger partial charge in [-0.05, 0) is 62.6 Å². The van der Waals surface area contributed by atoms with Gasteiger partial charge in [-0.1, -0.05) is 62.4 Å². The molecule has 0 aliphatic carbocycles. The van der Waals surface area contributed by atoms with E-state index in [9.17, 15) is 9.59 Å². The molecule has 0 saturated carbocycles. The smallest absolute Gasteiger partial charge is 0.251 e. The topological polar surface area (TPSA) is 64.7 Å². The standard InChI is InChI=1S/C29H40N4O2/c1-7-11-27-22(5)32(17-16-20(2)3)19-26(31-28(34)21(4)30-6)29(35)33(27)18-24-14-10-13-23-12-8-9-15-25(23)24/h7-15,20-21,26,30H,16-19H2,1-6H3,(H,31,34)/b11-7-/t21-,26-/m0/s1. The van der Waals surface area contributed by atoms with Gasteiger partial charge in [0.25, 0.3) is 5.91 Å². The van der Waals surface area contributed by atoms with Crippen molar-refractivity contribution in [3.63, 3.8) is 0 Å². The highest BCUT2D eigenvalue weighted by atomic mass is 16.2. The summed E-state index contributed by atoms with van der Waals surface area (Å²) in [5.41, 5.74) is 3.01. The van der Waals surface area contributed by atoms with Crippen LogP contribution in [0.1, 0.15) is 46.6 Å². The summed E-state index contributed by atoms with van der Waals surface area (Å²) >= 11 is 0. The van der Waals surface area contributed by atoms with E-state index in [-0.39, 0.29) is 17.9 Å². The molecule has 1 aliphatic heterocycles. The lowest BCUT2D eigenvalue weighted by atomic mass is 10.0. The third kappa shape index (κ3) is 6.31. The number of nitrogens with one attached hydrogen (secondary N) is 2. The molecule has 2 atom stereocenters. The Morgan fingerprint density at radius 2 is 1.86 bits per heavy atom. The van der Waals surface area contributed by atoms with E-state index in [2.05, 4.69) is 60.6 Å². The first-order chi connectivity index (χ1) is 16.8. The molecule has 0 bridgehead atoms. The first-order valence-corrected chi connectivity index (χ1v) is 12.6. The molecule has 6 heteroatoms. The van der Waals surface area contributed by atoms with Crippen LogP contribution in [0.4, 0.5) is 0 Å². The normalized spacial score (nSPS) is 18.0. The number of benzene rings is 2. The van der Waals surface area contributed by atoms with E-state index in [1.165, 1.54) is 0 Å². The maximum Gasteiger partial charge on any atom is 0.251 e. The molecule has 2 N–H and O–H groups in total. The second kappa shape index (κ2) is 12.0. The van der Waals surface area contributed by atoms with Gasteiger partial charge in [-0.25, -0.2) is 0 Å². The molecule has 1 aliphatic rings. The van der Waals surface area contributed by atoms with Crippen LogP contribution in [-0.2, 0) is 16.1 Å². The molecule has 1 heterocycles. The number of allylic oxidation sites excluding steroid dienone is 3. The van der Waals surface area contributed by atoms with Crippen molar-refractivity contribution < 1.29 is 9.59 Å². The quantitative estimate of drug-likeness (QED) is 0.562. The maximum atomic E-state index is 14.0. The number of hydrogen-bond donors (Lipinski definition) is 2. The predicted octanol–water partition coefficient (Wildman–Crippen LogP) is 4.43. The van der Waals surface area contributed by atoms with Gasteiger partial charge in [0.2, 0.25) is 5.91 Å². The monoisotopic (exact) mass is 476 g/mol. The fourth-order valence-electron chi connectivity index (χ4n) is 4.44. The van der Waals surface area contributed by atoms with Crippen molar-refractivity contribution >= 4 is 22.6 Å². The Morgan fingerprint density at radius 1 is 1.14 bits per heavy atom. The van der Waals surface area contributed by atoms with Crippen LogP contribution in [0, 0.1) is 5.92 Å². The number of nitrogens with zero attached hydrogens (tertiary/aromatic N) is 2. The van der Waals surface area contributed by atoms with E-state index >= 15 is 0 Å². The summed E-state index contributed by atoms with van der Waals surface area (Å²) in [6, 6.07) is 13.4. The van der Waals surface area contributed by atoms with Crippen molar-refractivity contribution in [1.29, 1.82) is 0 Å². The second-order valence-electron chi connectivity index (χ2n) is 9.73. The number of fused-ring (bicyclic) bond motifs is 1. The number of carbonyl (C=O) groups is 2. The molecular formula is C29H40N4O2. The van der Waals surface area contributed by atoms with Gasteiger partial charge in [0.15, 0.2) is 0 Å². The zero-order valence-electron chi connectivity index (χ0n) is 22.0. The van der Waals surface area contributed by atoms with Crippen LogP contribution < -0.4 is 10.6 Å². The lowest BCUT2D eigenvalue weighted by Crippen LogP contribution is -2.54. The Kier molecular flexibility index (Phi) is 9.10. The largest absolute Gasteiger partial charge is 0.371 e.